The van der Waals surface area contributed by atoms with Gasteiger partial charge in [-0.25, -0.2) is 0 Å². The van der Waals surface area contributed by atoms with Crippen molar-refractivity contribution in [1.29, 1.82) is 0 Å². The minimum atomic E-state index is 0. The second kappa shape index (κ2) is 17.9. The van der Waals surface area contributed by atoms with Crippen molar-refractivity contribution >= 4 is 24.8 Å². The molecular weight excluding hydrogens is 703 g/mol. The standard InChI is InChI=1S/2C21H23.C3H6.2ClH.Zr/c2*1-5-15-13-17-7-6-8-19(20(17)14-15)16-9-11-18(12-10-16)21(2,3)4;1-3-2;;;/h2*6-14H,5H2,1-4H3;1-2H3;2*1H;/q2*-1;;;;+2/p-2. The van der Waals surface area contributed by atoms with Crippen molar-refractivity contribution in [3.63, 3.8) is 0 Å². The Morgan fingerprint density at radius 1 is 0.542 bits per heavy atom. The van der Waals surface area contributed by atoms with Crippen LogP contribution in [0.2, 0.25) is 0 Å². The summed E-state index contributed by atoms with van der Waals surface area (Å²) >= 11 is 1.55. The van der Waals surface area contributed by atoms with E-state index in [2.05, 4.69) is 178 Å². The molecule has 0 spiro atoms. The van der Waals surface area contributed by atoms with Crippen LogP contribution in [-0.2, 0) is 47.9 Å². The predicted octanol–water partition coefficient (Wildman–Crippen LogP) is 6.92. The van der Waals surface area contributed by atoms with Gasteiger partial charge >= 0.3 is 41.3 Å². The van der Waals surface area contributed by atoms with E-state index in [4.69, 9.17) is 0 Å². The van der Waals surface area contributed by atoms with Gasteiger partial charge in [0.1, 0.15) is 0 Å². The molecule has 0 heterocycles. The molecule has 0 aliphatic rings. The maximum Gasteiger partial charge on any atom is -1.00 e. The van der Waals surface area contributed by atoms with Crippen molar-refractivity contribution in [2.24, 2.45) is 0 Å². The Bertz CT molecular complexity index is 1750. The summed E-state index contributed by atoms with van der Waals surface area (Å²) in [7, 11) is 0. The van der Waals surface area contributed by atoms with Gasteiger partial charge in [0.2, 0.25) is 0 Å². The van der Waals surface area contributed by atoms with Gasteiger partial charge in [0, 0.05) is 0 Å². The number of hydrogen-bond donors (Lipinski definition) is 0. The summed E-state index contributed by atoms with van der Waals surface area (Å²) in [6.45, 7) is 22.2. The van der Waals surface area contributed by atoms with E-state index in [9.17, 15) is 0 Å². The summed E-state index contributed by atoms with van der Waals surface area (Å²) in [5.41, 5.74) is 11.3. The van der Waals surface area contributed by atoms with Gasteiger partial charge in [-0.3, -0.25) is 0 Å². The second-order valence-electron chi connectivity index (χ2n) is 14.7. The number of hydrogen-bond acceptors (Lipinski definition) is 0. The minimum Gasteiger partial charge on any atom is -1.00 e. The fourth-order valence-corrected chi connectivity index (χ4v) is 5.80. The van der Waals surface area contributed by atoms with Gasteiger partial charge in [0.15, 0.2) is 0 Å². The van der Waals surface area contributed by atoms with Crippen LogP contribution in [-0.4, -0.2) is 3.21 Å². The summed E-state index contributed by atoms with van der Waals surface area (Å²) in [5, 5.41) is 5.45. The van der Waals surface area contributed by atoms with Crippen molar-refractivity contribution in [2.75, 3.05) is 0 Å². The molecule has 0 saturated heterocycles. The third-order valence-corrected chi connectivity index (χ3v) is 8.56. The van der Waals surface area contributed by atoms with Crippen molar-refractivity contribution < 1.29 is 49.0 Å². The number of aryl methyl sites for hydroxylation is 2. The summed E-state index contributed by atoms with van der Waals surface area (Å²) in [5.74, 6) is 0. The third kappa shape index (κ3) is 10.7. The van der Waals surface area contributed by atoms with Crippen LogP contribution in [0.25, 0.3) is 43.8 Å². The Balaban J connectivity index is 0.000000289. The van der Waals surface area contributed by atoms with E-state index in [1.54, 1.807) is 24.2 Å². The van der Waals surface area contributed by atoms with Gasteiger partial charge in [-0.15, -0.1) is 69.1 Å². The van der Waals surface area contributed by atoms with Gasteiger partial charge in [-0.05, 0) is 45.9 Å². The van der Waals surface area contributed by atoms with E-state index in [0.717, 1.165) is 12.8 Å². The molecule has 48 heavy (non-hydrogen) atoms. The molecule has 0 atom stereocenters. The molecule has 0 bridgehead atoms. The van der Waals surface area contributed by atoms with Crippen LogP contribution < -0.4 is 24.8 Å². The zero-order chi connectivity index (χ0) is 33.6. The van der Waals surface area contributed by atoms with Crippen molar-refractivity contribution in [3.05, 3.63) is 131 Å². The third-order valence-electron chi connectivity index (χ3n) is 8.56. The van der Waals surface area contributed by atoms with Crippen molar-refractivity contribution in [3.8, 4) is 22.3 Å². The summed E-state index contributed by atoms with van der Waals surface area (Å²) in [6, 6.07) is 40.6. The fourth-order valence-electron chi connectivity index (χ4n) is 5.80. The number of halogens is 2. The summed E-state index contributed by atoms with van der Waals surface area (Å²) in [4.78, 5) is 0. The van der Waals surface area contributed by atoms with E-state index >= 15 is 0 Å². The molecule has 252 valence electrons. The van der Waals surface area contributed by atoms with Gasteiger partial charge in [0.05, 0.1) is 0 Å². The van der Waals surface area contributed by atoms with Crippen LogP contribution in [0, 0.1) is 0 Å². The van der Waals surface area contributed by atoms with E-state index in [1.807, 2.05) is 0 Å². The Morgan fingerprint density at radius 3 is 1.12 bits per heavy atom. The van der Waals surface area contributed by atoms with Crippen LogP contribution in [0.1, 0.15) is 91.5 Å². The zero-order valence-corrected chi connectivity index (χ0v) is 34.5. The Hall–Kier alpha value is -2.57. The number of rotatable bonds is 4. The topological polar surface area (TPSA) is 0 Å². The molecular formula is C45H52Cl2Zr-2. The van der Waals surface area contributed by atoms with E-state index < -0.39 is 0 Å². The first-order chi connectivity index (χ1) is 21.7. The molecule has 6 aromatic carbocycles. The summed E-state index contributed by atoms with van der Waals surface area (Å²) in [6.07, 6.45) is 2.19. The Kier molecular flexibility index (Phi) is 15.5. The molecule has 0 aromatic heterocycles. The molecule has 0 N–H and O–H groups in total. The first-order valence-corrected chi connectivity index (χ1v) is 18.0. The van der Waals surface area contributed by atoms with Crippen LogP contribution in [0.3, 0.4) is 0 Å². The van der Waals surface area contributed by atoms with Crippen molar-refractivity contribution in [2.45, 2.75) is 92.9 Å². The van der Waals surface area contributed by atoms with E-state index in [-0.39, 0.29) is 35.6 Å². The maximum absolute atomic E-state index is 2.34. The Morgan fingerprint density at radius 2 is 0.854 bits per heavy atom. The SMILES string of the molecule is CCc1cc2c(-c3ccc(C(C)(C)C)cc3)cccc2[cH-]1.CCc1cc2c(-c3ccc(C(C)(C)C)cc3)cccc2[cH-]1.C[C](C)=[Zr+2].[Cl-].[Cl-]. The first kappa shape index (κ1) is 41.6. The minimum absolute atomic E-state index is 0. The van der Waals surface area contributed by atoms with Crippen LogP contribution in [0.5, 0.6) is 0 Å². The van der Waals surface area contributed by atoms with E-state index in [0.29, 0.717) is 0 Å². The number of benzene rings is 4. The monoisotopic (exact) mass is 752 g/mol. The first-order valence-electron chi connectivity index (χ1n) is 16.8. The van der Waals surface area contributed by atoms with Gasteiger partial charge in [-0.2, -0.15) is 12.1 Å². The van der Waals surface area contributed by atoms with Gasteiger partial charge in [-0.1, -0.05) is 127 Å². The predicted molar refractivity (Wildman–Crippen MR) is 202 cm³/mol. The molecule has 0 aliphatic carbocycles. The van der Waals surface area contributed by atoms with Crippen LogP contribution in [0.4, 0.5) is 0 Å². The maximum atomic E-state index is 2.34. The molecule has 0 saturated carbocycles. The average molecular weight is 755 g/mol. The molecule has 0 unspecified atom stereocenters. The second-order valence-corrected chi connectivity index (χ2v) is 17.2. The van der Waals surface area contributed by atoms with E-state index in [1.165, 1.54) is 69.3 Å². The van der Waals surface area contributed by atoms with Gasteiger partial charge < -0.3 is 24.8 Å². The molecule has 3 heteroatoms. The molecule has 0 nitrogen and oxygen atoms in total. The normalized spacial score (nSPS) is 11.1. The smallest absolute Gasteiger partial charge is 1.00 e. The number of fused-ring (bicyclic) bond motifs is 2. The zero-order valence-electron chi connectivity index (χ0n) is 30.6. The molecule has 6 aromatic rings. The molecule has 0 amide bonds. The Labute approximate surface area is 318 Å². The largest absolute Gasteiger partial charge is 1.00 e. The van der Waals surface area contributed by atoms with Gasteiger partial charge in [0.25, 0.3) is 0 Å². The van der Waals surface area contributed by atoms with Crippen LogP contribution >= 0.6 is 0 Å². The summed E-state index contributed by atoms with van der Waals surface area (Å²) < 4.78 is 1.51. The fraction of sp³-hybridized carbons (Fsp3) is 0.311. The molecule has 0 radical (unpaired) electrons. The van der Waals surface area contributed by atoms with Crippen molar-refractivity contribution in [1.82, 2.24) is 0 Å². The average Bonchev–Trinajstić information content (AvgIpc) is 3.64. The quantitative estimate of drug-likeness (QED) is 0.172. The molecule has 0 aliphatic heterocycles. The molecule has 0 fully saturated rings. The van der Waals surface area contributed by atoms with Crippen LogP contribution in [0.15, 0.2) is 109 Å². The molecule has 6 rings (SSSR count).